The number of halogens is 1. The zero-order valence-electron chi connectivity index (χ0n) is 10.0. The van der Waals surface area contributed by atoms with E-state index in [2.05, 4.69) is 15.0 Å². The van der Waals surface area contributed by atoms with Crippen molar-refractivity contribution in [2.45, 2.75) is 6.92 Å². The fourth-order valence-corrected chi connectivity index (χ4v) is 1.97. The van der Waals surface area contributed by atoms with E-state index in [9.17, 15) is 13.2 Å². The lowest BCUT2D eigenvalue weighted by atomic mass is 10.2. The average molecular weight is 292 g/mol. The fraction of sp³-hybridized carbons (Fsp3) is 0.400. The second-order valence-corrected chi connectivity index (χ2v) is 5.97. The molecule has 0 radical (unpaired) electrons. The quantitative estimate of drug-likeness (QED) is 0.765. The lowest BCUT2D eigenvalue weighted by Gasteiger charge is -2.07. The van der Waals surface area contributed by atoms with Crippen molar-refractivity contribution >= 4 is 27.5 Å². The number of amides is 1. The molecule has 18 heavy (non-hydrogen) atoms. The predicted molar refractivity (Wildman–Crippen MR) is 69.2 cm³/mol. The summed E-state index contributed by atoms with van der Waals surface area (Å²) in [7, 11) is -3.24. The number of aryl methyl sites for hydroxylation is 1. The van der Waals surface area contributed by atoms with Crippen molar-refractivity contribution in [2.75, 3.05) is 19.3 Å². The summed E-state index contributed by atoms with van der Waals surface area (Å²) in [6.45, 7) is 2.07. The smallest absolute Gasteiger partial charge is 0.254 e. The van der Waals surface area contributed by atoms with E-state index in [1.54, 1.807) is 13.0 Å². The first-order chi connectivity index (χ1) is 8.29. The summed E-state index contributed by atoms with van der Waals surface area (Å²) in [6, 6.07) is 1.59. The van der Waals surface area contributed by atoms with E-state index in [-0.39, 0.29) is 24.6 Å². The predicted octanol–water partition coefficient (Wildman–Crippen LogP) is 0.322. The molecule has 0 aliphatic carbocycles. The summed E-state index contributed by atoms with van der Waals surface area (Å²) < 4.78 is 23.8. The summed E-state index contributed by atoms with van der Waals surface area (Å²) >= 11 is 5.90. The Hall–Kier alpha value is -1.18. The summed E-state index contributed by atoms with van der Waals surface area (Å²) in [5.74, 6) is -0.386. The van der Waals surface area contributed by atoms with Gasteiger partial charge < -0.3 is 5.32 Å². The van der Waals surface area contributed by atoms with Crippen molar-refractivity contribution in [1.82, 2.24) is 15.0 Å². The molecule has 1 amide bonds. The molecule has 0 fully saturated rings. The van der Waals surface area contributed by atoms with Gasteiger partial charge >= 0.3 is 0 Å². The highest BCUT2D eigenvalue weighted by Crippen LogP contribution is 2.15. The molecule has 2 N–H and O–H groups in total. The molecule has 0 spiro atoms. The van der Waals surface area contributed by atoms with Gasteiger partial charge in [-0.25, -0.2) is 13.1 Å². The standard InChI is InChI=1S/C10H14ClN3O3S/c1-7-5-9(11)8(6-13-7)10(15)12-3-4-14-18(2,16)17/h5-6,14H,3-4H2,1-2H3,(H,12,15). The third-order valence-corrected chi connectivity index (χ3v) is 3.05. The van der Waals surface area contributed by atoms with E-state index >= 15 is 0 Å². The largest absolute Gasteiger partial charge is 0.351 e. The number of aromatic nitrogens is 1. The molecule has 0 bridgehead atoms. The van der Waals surface area contributed by atoms with Crippen LogP contribution in [-0.4, -0.2) is 38.7 Å². The number of carbonyl (C=O) groups excluding carboxylic acids is 1. The molecule has 0 unspecified atom stereocenters. The summed E-state index contributed by atoms with van der Waals surface area (Å²) in [5.41, 5.74) is 0.983. The lowest BCUT2D eigenvalue weighted by Crippen LogP contribution is -2.34. The van der Waals surface area contributed by atoms with Gasteiger partial charge in [-0.1, -0.05) is 11.6 Å². The van der Waals surface area contributed by atoms with Crippen molar-refractivity contribution < 1.29 is 13.2 Å². The molecular weight excluding hydrogens is 278 g/mol. The maximum absolute atomic E-state index is 11.7. The Labute approximate surface area is 111 Å². The van der Waals surface area contributed by atoms with Gasteiger partial charge in [-0.15, -0.1) is 0 Å². The number of rotatable bonds is 5. The fourth-order valence-electron chi connectivity index (χ4n) is 1.20. The van der Waals surface area contributed by atoms with E-state index in [1.807, 2.05) is 0 Å². The van der Waals surface area contributed by atoms with Crippen LogP contribution in [0.5, 0.6) is 0 Å². The minimum Gasteiger partial charge on any atom is -0.351 e. The van der Waals surface area contributed by atoms with Gasteiger partial charge in [0.15, 0.2) is 0 Å². The third kappa shape index (κ3) is 4.99. The van der Waals surface area contributed by atoms with E-state index in [0.717, 1.165) is 11.9 Å². The van der Waals surface area contributed by atoms with Crippen molar-refractivity contribution in [3.63, 3.8) is 0 Å². The molecule has 0 aliphatic rings. The zero-order chi connectivity index (χ0) is 13.8. The monoisotopic (exact) mass is 291 g/mol. The summed E-state index contributed by atoms with van der Waals surface area (Å²) in [6.07, 6.45) is 2.44. The Morgan fingerprint density at radius 1 is 1.44 bits per heavy atom. The van der Waals surface area contributed by atoms with Crippen molar-refractivity contribution in [1.29, 1.82) is 0 Å². The maximum atomic E-state index is 11.7. The molecule has 6 nitrogen and oxygen atoms in total. The van der Waals surface area contributed by atoms with Gasteiger partial charge in [0, 0.05) is 25.0 Å². The van der Waals surface area contributed by atoms with Crippen molar-refractivity contribution in [3.8, 4) is 0 Å². The molecular formula is C10H14ClN3O3S. The van der Waals surface area contributed by atoms with Gasteiger partial charge in [-0.05, 0) is 13.0 Å². The van der Waals surface area contributed by atoms with Crippen LogP contribution < -0.4 is 10.0 Å². The molecule has 0 aromatic carbocycles. The molecule has 1 rings (SSSR count). The van der Waals surface area contributed by atoms with Crippen LogP contribution in [0.3, 0.4) is 0 Å². The van der Waals surface area contributed by atoms with Crippen LogP contribution in [0.4, 0.5) is 0 Å². The Morgan fingerprint density at radius 3 is 2.67 bits per heavy atom. The average Bonchev–Trinajstić information content (AvgIpc) is 2.22. The van der Waals surface area contributed by atoms with Crippen molar-refractivity contribution in [3.05, 3.63) is 28.5 Å². The Balaban J connectivity index is 2.51. The second kappa shape index (κ2) is 6.12. The van der Waals surface area contributed by atoms with E-state index < -0.39 is 10.0 Å². The number of nitrogens with zero attached hydrogens (tertiary/aromatic N) is 1. The van der Waals surface area contributed by atoms with Crippen LogP contribution >= 0.6 is 11.6 Å². The highest BCUT2D eigenvalue weighted by Gasteiger charge is 2.10. The van der Waals surface area contributed by atoms with Crippen LogP contribution in [0.25, 0.3) is 0 Å². The molecule has 8 heteroatoms. The van der Waals surface area contributed by atoms with E-state index in [4.69, 9.17) is 11.6 Å². The number of carbonyl (C=O) groups is 1. The van der Waals surface area contributed by atoms with Gasteiger partial charge in [0.1, 0.15) is 0 Å². The molecule has 100 valence electrons. The molecule has 1 heterocycles. The first-order valence-electron chi connectivity index (χ1n) is 5.14. The van der Waals surface area contributed by atoms with Crippen LogP contribution in [0.15, 0.2) is 12.3 Å². The number of hydrogen-bond acceptors (Lipinski definition) is 4. The minimum atomic E-state index is -3.24. The van der Waals surface area contributed by atoms with Crippen LogP contribution in [0.1, 0.15) is 16.1 Å². The minimum absolute atomic E-state index is 0.126. The first-order valence-corrected chi connectivity index (χ1v) is 7.41. The molecule has 0 saturated heterocycles. The van der Waals surface area contributed by atoms with E-state index in [0.29, 0.717) is 5.02 Å². The number of pyridine rings is 1. The third-order valence-electron chi connectivity index (χ3n) is 2.01. The first kappa shape index (κ1) is 14.9. The lowest BCUT2D eigenvalue weighted by molar-refractivity contribution is 0.0954. The topological polar surface area (TPSA) is 88.2 Å². The number of hydrogen-bond donors (Lipinski definition) is 2. The number of nitrogens with one attached hydrogen (secondary N) is 2. The van der Waals surface area contributed by atoms with Crippen LogP contribution in [0, 0.1) is 6.92 Å². The maximum Gasteiger partial charge on any atom is 0.254 e. The molecule has 0 atom stereocenters. The van der Waals surface area contributed by atoms with Crippen molar-refractivity contribution in [2.24, 2.45) is 0 Å². The van der Waals surface area contributed by atoms with E-state index in [1.165, 1.54) is 6.20 Å². The zero-order valence-corrected chi connectivity index (χ0v) is 11.6. The van der Waals surface area contributed by atoms with Gasteiger partial charge in [-0.3, -0.25) is 9.78 Å². The highest BCUT2D eigenvalue weighted by atomic mass is 35.5. The SMILES string of the molecule is Cc1cc(Cl)c(C(=O)NCCNS(C)(=O)=O)cn1. The molecule has 1 aromatic heterocycles. The summed E-state index contributed by atoms with van der Waals surface area (Å²) in [4.78, 5) is 15.7. The second-order valence-electron chi connectivity index (χ2n) is 3.73. The Morgan fingerprint density at radius 2 is 2.11 bits per heavy atom. The van der Waals surface area contributed by atoms with Gasteiger partial charge in [-0.2, -0.15) is 0 Å². The van der Waals surface area contributed by atoms with Gasteiger partial charge in [0.2, 0.25) is 10.0 Å². The highest BCUT2D eigenvalue weighted by molar-refractivity contribution is 7.88. The normalized spacial score (nSPS) is 11.3. The Bertz CT molecular complexity index is 545. The van der Waals surface area contributed by atoms with Crippen LogP contribution in [0.2, 0.25) is 5.02 Å². The summed E-state index contributed by atoms with van der Waals surface area (Å²) in [5, 5.41) is 2.86. The molecule has 0 saturated carbocycles. The van der Waals surface area contributed by atoms with Gasteiger partial charge in [0.25, 0.3) is 5.91 Å². The number of sulfonamides is 1. The Kier molecular flexibility index (Phi) is 5.06. The molecule has 0 aliphatic heterocycles. The van der Waals surface area contributed by atoms with Crippen LogP contribution in [-0.2, 0) is 10.0 Å². The molecule has 1 aromatic rings. The van der Waals surface area contributed by atoms with Gasteiger partial charge in [0.05, 0.1) is 16.8 Å².